The van der Waals surface area contributed by atoms with Gasteiger partial charge in [-0.25, -0.2) is 4.79 Å². The number of pyridine rings is 1. The number of aromatic nitrogens is 1. The fourth-order valence-electron chi connectivity index (χ4n) is 2.30. The van der Waals surface area contributed by atoms with Gasteiger partial charge in [0.15, 0.2) is 6.61 Å². The minimum Gasteiger partial charge on any atom is -0.480 e. The molecule has 0 N–H and O–H groups in total. The molecular formula is C17H21NO3. The van der Waals surface area contributed by atoms with Crippen LogP contribution < -0.4 is 4.74 Å². The van der Waals surface area contributed by atoms with E-state index in [1.807, 2.05) is 31.2 Å². The number of para-hydroxylation sites is 1. The van der Waals surface area contributed by atoms with Crippen molar-refractivity contribution < 1.29 is 14.3 Å². The summed E-state index contributed by atoms with van der Waals surface area (Å²) in [6.07, 6.45) is 2.46. The number of carbonyl (C=O) groups excluding carboxylic acids is 1. The summed E-state index contributed by atoms with van der Waals surface area (Å²) in [5.41, 5.74) is 0.753. The van der Waals surface area contributed by atoms with Crippen LogP contribution in [0.15, 0.2) is 36.5 Å². The Hall–Kier alpha value is -2.10. The molecule has 4 nitrogen and oxygen atoms in total. The molecule has 2 aromatic rings. The second-order valence-electron chi connectivity index (χ2n) is 5.55. The Morgan fingerprint density at radius 3 is 2.71 bits per heavy atom. The first-order valence-electron chi connectivity index (χ1n) is 7.22. The Morgan fingerprint density at radius 1 is 1.19 bits per heavy atom. The van der Waals surface area contributed by atoms with E-state index in [9.17, 15) is 4.79 Å². The minimum absolute atomic E-state index is 0.0910. The van der Waals surface area contributed by atoms with Crippen molar-refractivity contribution in [2.75, 3.05) is 6.61 Å². The van der Waals surface area contributed by atoms with Gasteiger partial charge < -0.3 is 9.47 Å². The summed E-state index contributed by atoms with van der Waals surface area (Å²) in [5, 5.41) is 0.983. The van der Waals surface area contributed by atoms with Crippen molar-refractivity contribution >= 4 is 16.9 Å². The molecule has 1 aromatic heterocycles. The molecule has 0 saturated carbocycles. The van der Waals surface area contributed by atoms with E-state index in [2.05, 4.69) is 18.8 Å². The van der Waals surface area contributed by atoms with E-state index in [0.29, 0.717) is 11.7 Å². The smallest absolute Gasteiger partial charge is 0.344 e. The van der Waals surface area contributed by atoms with Gasteiger partial charge in [0, 0.05) is 11.6 Å². The number of ether oxygens (including phenoxy) is 2. The number of nitrogens with zero attached hydrogens (tertiary/aromatic N) is 1. The van der Waals surface area contributed by atoms with Gasteiger partial charge in [-0.3, -0.25) is 4.98 Å². The largest absolute Gasteiger partial charge is 0.480 e. The Kier molecular flexibility index (Phi) is 5.14. The zero-order valence-corrected chi connectivity index (χ0v) is 12.7. The molecule has 0 aliphatic carbocycles. The maximum absolute atomic E-state index is 11.8. The third-order valence-electron chi connectivity index (χ3n) is 3.08. The zero-order valence-electron chi connectivity index (χ0n) is 12.7. The maximum Gasteiger partial charge on any atom is 0.344 e. The topological polar surface area (TPSA) is 48.4 Å². The van der Waals surface area contributed by atoms with Crippen LogP contribution >= 0.6 is 0 Å². The summed E-state index contributed by atoms with van der Waals surface area (Å²) in [7, 11) is 0. The number of carbonyl (C=O) groups is 1. The lowest BCUT2D eigenvalue weighted by Crippen LogP contribution is -2.21. The second kappa shape index (κ2) is 7.07. The summed E-state index contributed by atoms with van der Waals surface area (Å²) in [6.45, 7) is 6.00. The molecule has 0 fully saturated rings. The highest BCUT2D eigenvalue weighted by atomic mass is 16.6. The number of fused-ring (bicyclic) bond motifs is 1. The molecule has 4 heteroatoms. The number of rotatable bonds is 6. The van der Waals surface area contributed by atoms with Crippen molar-refractivity contribution in [1.82, 2.24) is 4.98 Å². The molecular weight excluding hydrogens is 266 g/mol. The molecule has 0 aliphatic heterocycles. The summed E-state index contributed by atoms with van der Waals surface area (Å²) >= 11 is 0. The molecule has 1 aromatic carbocycles. The maximum atomic E-state index is 11.8. The molecule has 0 amide bonds. The fourth-order valence-corrected chi connectivity index (χ4v) is 2.30. The number of hydrogen-bond acceptors (Lipinski definition) is 4. The minimum atomic E-state index is -0.351. The van der Waals surface area contributed by atoms with E-state index in [0.717, 1.165) is 17.3 Å². The van der Waals surface area contributed by atoms with Crippen LogP contribution in [0, 0.1) is 5.92 Å². The van der Waals surface area contributed by atoms with Crippen LogP contribution in [0.5, 0.6) is 5.75 Å². The molecule has 0 bridgehead atoms. The first-order valence-corrected chi connectivity index (χ1v) is 7.22. The van der Waals surface area contributed by atoms with Crippen molar-refractivity contribution in [3.63, 3.8) is 0 Å². The van der Waals surface area contributed by atoms with Crippen molar-refractivity contribution in [1.29, 1.82) is 0 Å². The van der Waals surface area contributed by atoms with Gasteiger partial charge in [0.2, 0.25) is 0 Å². The van der Waals surface area contributed by atoms with Crippen LogP contribution in [0.1, 0.15) is 27.2 Å². The summed E-state index contributed by atoms with van der Waals surface area (Å²) in [4.78, 5) is 16.1. The van der Waals surface area contributed by atoms with Crippen molar-refractivity contribution in [2.24, 2.45) is 5.92 Å². The first kappa shape index (κ1) is 15.3. The van der Waals surface area contributed by atoms with Gasteiger partial charge >= 0.3 is 5.97 Å². The molecule has 21 heavy (non-hydrogen) atoms. The normalized spacial score (nSPS) is 12.4. The van der Waals surface area contributed by atoms with Crippen molar-refractivity contribution in [3.05, 3.63) is 36.5 Å². The molecule has 0 spiro atoms. The molecule has 0 aliphatic rings. The van der Waals surface area contributed by atoms with E-state index in [4.69, 9.17) is 9.47 Å². The quantitative estimate of drug-likeness (QED) is 0.762. The standard InChI is InChI=1S/C17H21NO3/c1-12(2)10-13(3)21-16(19)11-20-15-8-4-6-14-7-5-9-18-17(14)15/h4-9,12-13H,10-11H2,1-3H3. The zero-order chi connectivity index (χ0) is 15.2. The third-order valence-corrected chi connectivity index (χ3v) is 3.08. The summed E-state index contributed by atoms with van der Waals surface area (Å²) in [6, 6.07) is 9.47. The van der Waals surface area contributed by atoms with Crippen molar-refractivity contribution in [2.45, 2.75) is 33.3 Å². The molecule has 2 rings (SSSR count). The van der Waals surface area contributed by atoms with Gasteiger partial charge in [0.05, 0.1) is 6.10 Å². The van der Waals surface area contributed by atoms with E-state index in [-0.39, 0.29) is 18.7 Å². The van der Waals surface area contributed by atoms with Crippen LogP contribution in [0.4, 0.5) is 0 Å². The number of hydrogen-bond donors (Lipinski definition) is 0. The van der Waals surface area contributed by atoms with E-state index >= 15 is 0 Å². The highest BCUT2D eigenvalue weighted by Gasteiger charge is 2.12. The van der Waals surface area contributed by atoms with Crippen LogP contribution in [0.3, 0.4) is 0 Å². The lowest BCUT2D eigenvalue weighted by atomic mass is 10.1. The highest BCUT2D eigenvalue weighted by molar-refractivity contribution is 5.84. The lowest BCUT2D eigenvalue weighted by molar-refractivity contribution is -0.151. The van der Waals surface area contributed by atoms with Gasteiger partial charge in [-0.2, -0.15) is 0 Å². The second-order valence-corrected chi connectivity index (χ2v) is 5.55. The van der Waals surface area contributed by atoms with E-state index in [1.165, 1.54) is 0 Å². The van der Waals surface area contributed by atoms with Gasteiger partial charge in [0.1, 0.15) is 11.3 Å². The average Bonchev–Trinajstić information content (AvgIpc) is 2.44. The van der Waals surface area contributed by atoms with Crippen LogP contribution in [0.25, 0.3) is 10.9 Å². The van der Waals surface area contributed by atoms with Gasteiger partial charge in [-0.05, 0) is 31.4 Å². The fraction of sp³-hybridized carbons (Fsp3) is 0.412. The highest BCUT2D eigenvalue weighted by Crippen LogP contribution is 2.22. The van der Waals surface area contributed by atoms with Crippen LogP contribution in [-0.2, 0) is 9.53 Å². The number of benzene rings is 1. The van der Waals surface area contributed by atoms with Crippen LogP contribution in [-0.4, -0.2) is 23.7 Å². The monoisotopic (exact) mass is 287 g/mol. The summed E-state index contributed by atoms with van der Waals surface area (Å²) < 4.78 is 10.9. The third kappa shape index (κ3) is 4.45. The molecule has 0 saturated heterocycles. The predicted molar refractivity (Wildman–Crippen MR) is 82.2 cm³/mol. The van der Waals surface area contributed by atoms with E-state index < -0.39 is 0 Å². The molecule has 1 heterocycles. The van der Waals surface area contributed by atoms with Gasteiger partial charge in [-0.15, -0.1) is 0 Å². The predicted octanol–water partition coefficient (Wildman–Crippen LogP) is 3.59. The molecule has 112 valence electrons. The summed E-state index contributed by atoms with van der Waals surface area (Å²) in [5.74, 6) is 0.744. The Balaban J connectivity index is 1.94. The lowest BCUT2D eigenvalue weighted by Gasteiger charge is -2.15. The molecule has 1 atom stereocenters. The number of esters is 1. The Labute approximate surface area is 125 Å². The average molecular weight is 287 g/mol. The molecule has 1 unspecified atom stereocenters. The molecule has 0 radical (unpaired) electrons. The van der Waals surface area contributed by atoms with E-state index in [1.54, 1.807) is 12.3 Å². The Bertz CT molecular complexity index is 605. The van der Waals surface area contributed by atoms with Crippen molar-refractivity contribution in [3.8, 4) is 5.75 Å². The SMILES string of the molecule is CC(C)CC(C)OC(=O)COc1cccc2cccnc12. The van der Waals surface area contributed by atoms with Crippen LogP contribution in [0.2, 0.25) is 0 Å². The first-order chi connectivity index (χ1) is 10.1. The van der Waals surface area contributed by atoms with Gasteiger partial charge in [-0.1, -0.05) is 32.0 Å². The van der Waals surface area contributed by atoms with Gasteiger partial charge in [0.25, 0.3) is 0 Å². The Morgan fingerprint density at radius 2 is 1.95 bits per heavy atom.